The van der Waals surface area contributed by atoms with E-state index in [4.69, 9.17) is 5.73 Å². The van der Waals surface area contributed by atoms with Gasteiger partial charge in [0.15, 0.2) is 0 Å². The molecule has 1 heterocycles. The fourth-order valence-electron chi connectivity index (χ4n) is 1.99. The highest BCUT2D eigenvalue weighted by atomic mass is 79.9. The number of nitrogens with zero attached hydrogens (tertiary/aromatic N) is 1. The van der Waals surface area contributed by atoms with Crippen LogP contribution in [0.15, 0.2) is 40.9 Å². The number of H-pyrrole nitrogens is 1. The minimum absolute atomic E-state index is 0.290. The molecule has 0 aliphatic heterocycles. The number of nitrogens with one attached hydrogen (secondary N) is 1. The molecule has 2 aromatic carbocycles. The van der Waals surface area contributed by atoms with Crippen molar-refractivity contribution in [3.05, 3.63) is 52.3 Å². The van der Waals surface area contributed by atoms with E-state index in [2.05, 4.69) is 25.9 Å². The van der Waals surface area contributed by atoms with Crippen molar-refractivity contribution in [2.45, 2.75) is 6.54 Å². The zero-order chi connectivity index (χ0) is 13.4. The van der Waals surface area contributed by atoms with Gasteiger partial charge in [0.2, 0.25) is 0 Å². The molecule has 0 saturated heterocycles. The van der Waals surface area contributed by atoms with E-state index in [1.54, 1.807) is 6.07 Å². The zero-order valence-corrected chi connectivity index (χ0v) is 11.5. The molecule has 96 valence electrons. The van der Waals surface area contributed by atoms with Crippen molar-refractivity contribution >= 4 is 27.0 Å². The van der Waals surface area contributed by atoms with Gasteiger partial charge < -0.3 is 10.7 Å². The van der Waals surface area contributed by atoms with Crippen molar-refractivity contribution in [2.75, 3.05) is 0 Å². The van der Waals surface area contributed by atoms with E-state index < -0.39 is 0 Å². The molecule has 3 rings (SSSR count). The van der Waals surface area contributed by atoms with E-state index in [9.17, 15) is 4.39 Å². The van der Waals surface area contributed by atoms with Crippen LogP contribution in [0.5, 0.6) is 0 Å². The maximum absolute atomic E-state index is 13.3. The first-order valence-corrected chi connectivity index (χ1v) is 6.61. The van der Waals surface area contributed by atoms with Crippen molar-refractivity contribution < 1.29 is 4.39 Å². The highest BCUT2D eigenvalue weighted by Crippen LogP contribution is 2.28. The van der Waals surface area contributed by atoms with Gasteiger partial charge in [0, 0.05) is 16.6 Å². The Morgan fingerprint density at radius 3 is 2.84 bits per heavy atom. The van der Waals surface area contributed by atoms with Gasteiger partial charge in [0.05, 0.1) is 11.0 Å². The molecule has 5 heteroatoms. The van der Waals surface area contributed by atoms with E-state index in [0.29, 0.717) is 17.9 Å². The second-order valence-electron chi connectivity index (χ2n) is 4.27. The average Bonchev–Trinajstić information content (AvgIpc) is 2.83. The Morgan fingerprint density at radius 2 is 2.05 bits per heavy atom. The van der Waals surface area contributed by atoms with Crippen LogP contribution in [0.4, 0.5) is 4.39 Å². The van der Waals surface area contributed by atoms with Crippen LogP contribution >= 0.6 is 15.9 Å². The Kier molecular flexibility index (Phi) is 3.08. The van der Waals surface area contributed by atoms with Gasteiger partial charge in [-0.15, -0.1) is 0 Å². The number of fused-ring (bicyclic) bond motifs is 1. The van der Waals surface area contributed by atoms with Crippen molar-refractivity contribution in [3.8, 4) is 11.4 Å². The second-order valence-corrected chi connectivity index (χ2v) is 5.12. The minimum atomic E-state index is -0.290. The van der Waals surface area contributed by atoms with Crippen LogP contribution in [0, 0.1) is 5.82 Å². The predicted octanol–water partition coefficient (Wildman–Crippen LogP) is 3.59. The summed E-state index contributed by atoms with van der Waals surface area (Å²) in [6.07, 6.45) is 0. The van der Waals surface area contributed by atoms with Crippen molar-refractivity contribution in [3.63, 3.8) is 0 Å². The maximum Gasteiger partial charge on any atom is 0.139 e. The van der Waals surface area contributed by atoms with Crippen LogP contribution in [0.3, 0.4) is 0 Å². The van der Waals surface area contributed by atoms with Crippen molar-refractivity contribution in [1.29, 1.82) is 0 Å². The van der Waals surface area contributed by atoms with Gasteiger partial charge in [-0.1, -0.05) is 22.0 Å². The van der Waals surface area contributed by atoms with E-state index in [0.717, 1.165) is 21.1 Å². The van der Waals surface area contributed by atoms with E-state index in [1.165, 1.54) is 12.1 Å². The predicted molar refractivity (Wildman–Crippen MR) is 77.1 cm³/mol. The van der Waals surface area contributed by atoms with Crippen LogP contribution in [-0.2, 0) is 6.54 Å². The molecule has 0 fully saturated rings. The van der Waals surface area contributed by atoms with Gasteiger partial charge >= 0.3 is 0 Å². The molecule has 0 aliphatic carbocycles. The minimum Gasteiger partial charge on any atom is -0.338 e. The lowest BCUT2D eigenvalue weighted by Crippen LogP contribution is -1.95. The van der Waals surface area contributed by atoms with E-state index in [-0.39, 0.29) is 5.82 Å². The molecule has 1 aromatic heterocycles. The molecule has 19 heavy (non-hydrogen) atoms. The monoisotopic (exact) mass is 319 g/mol. The largest absolute Gasteiger partial charge is 0.338 e. The topological polar surface area (TPSA) is 54.7 Å². The fourth-order valence-corrected chi connectivity index (χ4v) is 2.42. The molecule has 0 bridgehead atoms. The summed E-state index contributed by atoms with van der Waals surface area (Å²) in [5, 5.41) is 0. The van der Waals surface area contributed by atoms with Gasteiger partial charge in [-0.05, 0) is 35.9 Å². The number of imidazole rings is 1. The molecule has 3 N–H and O–H groups in total. The SMILES string of the molecule is NCc1ccc2nc(-c3cc(F)ccc3Br)[nH]c2c1. The van der Waals surface area contributed by atoms with E-state index in [1.807, 2.05) is 18.2 Å². The third-order valence-corrected chi connectivity index (χ3v) is 3.66. The molecule has 0 spiro atoms. The number of aromatic amines is 1. The third kappa shape index (κ3) is 2.27. The number of hydrogen-bond acceptors (Lipinski definition) is 2. The molecule has 0 radical (unpaired) electrons. The quantitative estimate of drug-likeness (QED) is 0.758. The summed E-state index contributed by atoms with van der Waals surface area (Å²) in [5.74, 6) is 0.344. The van der Waals surface area contributed by atoms with Gasteiger partial charge in [-0.3, -0.25) is 0 Å². The molecule has 3 aromatic rings. The lowest BCUT2D eigenvalue weighted by atomic mass is 10.2. The number of nitrogens with two attached hydrogens (primary N) is 1. The number of benzene rings is 2. The normalized spacial score (nSPS) is 11.1. The molecular weight excluding hydrogens is 309 g/mol. The zero-order valence-electron chi connectivity index (χ0n) is 9.95. The molecule has 0 unspecified atom stereocenters. The summed E-state index contributed by atoms with van der Waals surface area (Å²) in [4.78, 5) is 7.66. The molecule has 0 saturated carbocycles. The second kappa shape index (κ2) is 4.75. The van der Waals surface area contributed by atoms with Gasteiger partial charge in [-0.2, -0.15) is 0 Å². The summed E-state index contributed by atoms with van der Waals surface area (Å²) in [5.41, 5.74) is 9.07. The Bertz CT molecular complexity index is 752. The summed E-state index contributed by atoms with van der Waals surface area (Å²) < 4.78 is 14.1. The fraction of sp³-hybridized carbons (Fsp3) is 0.0714. The summed E-state index contributed by atoms with van der Waals surface area (Å²) in [7, 11) is 0. The van der Waals surface area contributed by atoms with Crippen LogP contribution in [0.1, 0.15) is 5.56 Å². The number of hydrogen-bond donors (Lipinski definition) is 2. The molecule has 0 aliphatic rings. The lowest BCUT2D eigenvalue weighted by molar-refractivity contribution is 0.628. The van der Waals surface area contributed by atoms with Crippen LogP contribution in [-0.4, -0.2) is 9.97 Å². The first-order valence-electron chi connectivity index (χ1n) is 5.81. The Balaban J connectivity index is 2.17. The van der Waals surface area contributed by atoms with Crippen molar-refractivity contribution in [2.24, 2.45) is 5.73 Å². The number of halogens is 2. The number of rotatable bonds is 2. The van der Waals surface area contributed by atoms with Gasteiger partial charge in [0.25, 0.3) is 0 Å². The van der Waals surface area contributed by atoms with Crippen LogP contribution in [0.2, 0.25) is 0 Å². The highest BCUT2D eigenvalue weighted by Gasteiger charge is 2.10. The maximum atomic E-state index is 13.3. The van der Waals surface area contributed by atoms with Crippen LogP contribution in [0.25, 0.3) is 22.4 Å². The Hall–Kier alpha value is -1.72. The molecule has 3 nitrogen and oxygen atoms in total. The first kappa shape index (κ1) is 12.3. The highest BCUT2D eigenvalue weighted by molar-refractivity contribution is 9.10. The third-order valence-electron chi connectivity index (χ3n) is 2.97. The molecule has 0 atom stereocenters. The summed E-state index contributed by atoms with van der Waals surface area (Å²) in [6, 6.07) is 10.3. The first-order chi connectivity index (χ1) is 9.17. The van der Waals surface area contributed by atoms with E-state index >= 15 is 0 Å². The van der Waals surface area contributed by atoms with Gasteiger partial charge in [0.1, 0.15) is 11.6 Å². The number of aromatic nitrogens is 2. The smallest absolute Gasteiger partial charge is 0.139 e. The van der Waals surface area contributed by atoms with Crippen LogP contribution < -0.4 is 5.73 Å². The Morgan fingerprint density at radius 1 is 1.21 bits per heavy atom. The summed E-state index contributed by atoms with van der Waals surface area (Å²) >= 11 is 3.41. The standard InChI is InChI=1S/C14H11BrFN3/c15-11-3-2-9(16)6-10(11)14-18-12-4-1-8(7-17)5-13(12)19-14/h1-6H,7,17H2,(H,18,19). The summed E-state index contributed by atoms with van der Waals surface area (Å²) in [6.45, 7) is 0.480. The Labute approximate surface area is 117 Å². The van der Waals surface area contributed by atoms with Crippen molar-refractivity contribution in [1.82, 2.24) is 9.97 Å². The molecule has 0 amide bonds. The lowest BCUT2D eigenvalue weighted by Gasteiger charge is -2.00. The average molecular weight is 320 g/mol. The molecular formula is C14H11BrFN3. The van der Waals surface area contributed by atoms with Gasteiger partial charge in [-0.25, -0.2) is 9.37 Å².